The van der Waals surface area contributed by atoms with Gasteiger partial charge in [0.05, 0.1) is 18.6 Å². The topological polar surface area (TPSA) is 18.5 Å². The van der Waals surface area contributed by atoms with Gasteiger partial charge in [-0.25, -0.2) is 0 Å². The monoisotopic (exact) mass is 534 g/mol. The lowest BCUT2D eigenvalue weighted by Crippen LogP contribution is -2.28. The maximum absolute atomic E-state index is 5.94. The van der Waals surface area contributed by atoms with Gasteiger partial charge in [0.15, 0.2) is 0 Å². The minimum Gasteiger partial charge on any atom is -0.494 e. The lowest BCUT2D eigenvalue weighted by molar-refractivity contribution is 0.318. The van der Waals surface area contributed by atoms with E-state index in [0.29, 0.717) is 0 Å². The molecule has 6 aromatic carbocycles. The van der Waals surface area contributed by atoms with Crippen molar-refractivity contribution >= 4 is 21.5 Å². The minimum atomic E-state index is -0.440. The molecule has 1 aliphatic rings. The summed E-state index contributed by atoms with van der Waals surface area (Å²) in [5.41, 5.74) is 7.35. The van der Waals surface area contributed by atoms with Crippen LogP contribution in [-0.2, 0) is 5.41 Å². The summed E-state index contributed by atoms with van der Waals surface area (Å²) >= 11 is 0. The molecule has 0 unspecified atom stereocenters. The predicted molar refractivity (Wildman–Crippen MR) is 170 cm³/mol. The molecule has 0 saturated heterocycles. The van der Waals surface area contributed by atoms with Gasteiger partial charge in [0.1, 0.15) is 11.5 Å². The Morgan fingerprint density at radius 1 is 0.463 bits per heavy atom. The van der Waals surface area contributed by atoms with Gasteiger partial charge in [-0.05, 0) is 104 Å². The lowest BCUT2D eigenvalue weighted by Gasteiger charge is -2.34. The number of benzene rings is 6. The zero-order chi connectivity index (χ0) is 27.8. The highest BCUT2D eigenvalue weighted by molar-refractivity contribution is 5.92. The van der Waals surface area contributed by atoms with E-state index in [-0.39, 0.29) is 0 Å². The van der Waals surface area contributed by atoms with E-state index in [1.54, 1.807) is 0 Å². The molecular formula is C39H34O2. The van der Waals surface area contributed by atoms with Crippen LogP contribution in [0.15, 0.2) is 121 Å². The summed E-state index contributed by atoms with van der Waals surface area (Å²) in [6.45, 7) is 5.73. The number of hydrogen-bond acceptors (Lipinski definition) is 2. The maximum atomic E-state index is 5.94. The van der Waals surface area contributed by atoms with Crippen LogP contribution in [0.25, 0.3) is 32.7 Å². The molecule has 0 N–H and O–H groups in total. The normalized spacial score (nSPS) is 13.2. The molecule has 6 aromatic rings. The third kappa shape index (κ3) is 4.17. The molecule has 0 amide bonds. The summed E-state index contributed by atoms with van der Waals surface area (Å²) in [4.78, 5) is 0. The Balaban J connectivity index is 1.47. The maximum Gasteiger partial charge on any atom is 0.119 e. The third-order valence-corrected chi connectivity index (χ3v) is 8.39. The molecular weight excluding hydrogens is 500 g/mol. The Hall–Kier alpha value is -4.56. The average Bonchev–Trinajstić information content (AvgIpc) is 3.33. The number of rotatable bonds is 8. The smallest absolute Gasteiger partial charge is 0.119 e. The first-order chi connectivity index (χ1) is 20.2. The predicted octanol–water partition coefficient (Wildman–Crippen LogP) is 9.93. The van der Waals surface area contributed by atoms with E-state index in [9.17, 15) is 0 Å². The molecule has 0 fully saturated rings. The standard InChI is InChI=1S/C39H34O2/c1-3-21-40-33-19-15-27-23-31(17-13-29(27)25-33)39(37-11-7-5-9-35(37)36-10-6-8-12-38(36)39)32-18-14-30-26-34(41-22-4-2)20-16-28(30)24-32/h5-20,23-26H,3-4,21-22H2,1-2H3. The van der Waals surface area contributed by atoms with Gasteiger partial charge in [0.2, 0.25) is 0 Å². The van der Waals surface area contributed by atoms with Crippen LogP contribution in [0.1, 0.15) is 48.9 Å². The first kappa shape index (κ1) is 25.4. The second kappa shape index (κ2) is 10.4. The van der Waals surface area contributed by atoms with E-state index in [4.69, 9.17) is 9.47 Å². The Bertz CT molecular complexity index is 1740. The highest BCUT2D eigenvalue weighted by Gasteiger charge is 2.46. The summed E-state index contributed by atoms with van der Waals surface area (Å²) in [6.07, 6.45) is 1.99. The van der Waals surface area contributed by atoms with Gasteiger partial charge < -0.3 is 9.47 Å². The van der Waals surface area contributed by atoms with Crippen LogP contribution < -0.4 is 9.47 Å². The van der Waals surface area contributed by atoms with Crippen LogP contribution >= 0.6 is 0 Å². The molecule has 41 heavy (non-hydrogen) atoms. The highest BCUT2D eigenvalue weighted by atomic mass is 16.5. The fourth-order valence-electron chi connectivity index (χ4n) is 6.56. The first-order valence-corrected chi connectivity index (χ1v) is 14.8. The van der Waals surface area contributed by atoms with Crippen LogP contribution in [0.2, 0.25) is 0 Å². The molecule has 0 aromatic heterocycles. The van der Waals surface area contributed by atoms with E-state index < -0.39 is 5.41 Å². The molecule has 7 rings (SSSR count). The zero-order valence-electron chi connectivity index (χ0n) is 23.7. The van der Waals surface area contributed by atoms with E-state index in [0.717, 1.165) is 37.6 Å². The van der Waals surface area contributed by atoms with Crippen LogP contribution in [0.3, 0.4) is 0 Å². The van der Waals surface area contributed by atoms with Crippen molar-refractivity contribution in [3.8, 4) is 22.6 Å². The molecule has 2 nitrogen and oxygen atoms in total. The average molecular weight is 535 g/mol. The Morgan fingerprint density at radius 2 is 0.878 bits per heavy atom. The van der Waals surface area contributed by atoms with Gasteiger partial charge >= 0.3 is 0 Å². The van der Waals surface area contributed by atoms with Crippen molar-refractivity contribution in [3.05, 3.63) is 144 Å². The Kier molecular flexibility index (Phi) is 6.47. The molecule has 202 valence electrons. The molecule has 0 aliphatic heterocycles. The Labute approximate surface area is 242 Å². The van der Waals surface area contributed by atoms with E-state index in [2.05, 4.69) is 135 Å². The van der Waals surface area contributed by atoms with E-state index in [1.807, 2.05) is 0 Å². The van der Waals surface area contributed by atoms with Crippen molar-refractivity contribution in [1.29, 1.82) is 0 Å². The molecule has 0 heterocycles. The molecule has 2 heteroatoms. The first-order valence-electron chi connectivity index (χ1n) is 14.8. The molecule has 0 atom stereocenters. The second-order valence-electron chi connectivity index (χ2n) is 11.0. The summed E-state index contributed by atoms with van der Waals surface area (Å²) in [6, 6.07) is 44.6. The van der Waals surface area contributed by atoms with Crippen molar-refractivity contribution in [2.24, 2.45) is 0 Å². The lowest BCUT2D eigenvalue weighted by atomic mass is 9.67. The molecule has 0 spiro atoms. The summed E-state index contributed by atoms with van der Waals surface area (Å²) in [7, 11) is 0. The summed E-state index contributed by atoms with van der Waals surface area (Å²) in [5, 5.41) is 4.81. The fourth-order valence-corrected chi connectivity index (χ4v) is 6.56. The second-order valence-corrected chi connectivity index (χ2v) is 11.0. The van der Waals surface area contributed by atoms with Gasteiger partial charge in [-0.1, -0.05) is 98.8 Å². The van der Waals surface area contributed by atoms with E-state index in [1.165, 1.54) is 54.9 Å². The molecule has 0 bridgehead atoms. The number of hydrogen-bond donors (Lipinski definition) is 0. The van der Waals surface area contributed by atoms with Crippen molar-refractivity contribution in [2.75, 3.05) is 13.2 Å². The zero-order valence-corrected chi connectivity index (χ0v) is 23.7. The largest absolute Gasteiger partial charge is 0.494 e. The third-order valence-electron chi connectivity index (χ3n) is 8.39. The minimum absolute atomic E-state index is 0.440. The number of ether oxygens (including phenoxy) is 2. The van der Waals surface area contributed by atoms with Crippen LogP contribution in [0, 0.1) is 0 Å². The summed E-state index contributed by atoms with van der Waals surface area (Å²) < 4.78 is 11.9. The Morgan fingerprint density at radius 3 is 1.34 bits per heavy atom. The van der Waals surface area contributed by atoms with Gasteiger partial charge in [0.25, 0.3) is 0 Å². The van der Waals surface area contributed by atoms with Crippen molar-refractivity contribution < 1.29 is 9.47 Å². The quantitative estimate of drug-likeness (QED) is 0.193. The molecule has 0 saturated carbocycles. The van der Waals surface area contributed by atoms with Crippen molar-refractivity contribution in [2.45, 2.75) is 32.1 Å². The van der Waals surface area contributed by atoms with Crippen LogP contribution in [0.5, 0.6) is 11.5 Å². The van der Waals surface area contributed by atoms with E-state index >= 15 is 0 Å². The van der Waals surface area contributed by atoms with Gasteiger partial charge in [-0.3, -0.25) is 0 Å². The van der Waals surface area contributed by atoms with Crippen LogP contribution in [-0.4, -0.2) is 13.2 Å². The van der Waals surface area contributed by atoms with Gasteiger partial charge in [0, 0.05) is 0 Å². The van der Waals surface area contributed by atoms with Crippen LogP contribution in [0.4, 0.5) is 0 Å². The van der Waals surface area contributed by atoms with Crippen molar-refractivity contribution in [1.82, 2.24) is 0 Å². The van der Waals surface area contributed by atoms with Gasteiger partial charge in [-0.2, -0.15) is 0 Å². The van der Waals surface area contributed by atoms with Crippen molar-refractivity contribution in [3.63, 3.8) is 0 Å². The summed E-state index contributed by atoms with van der Waals surface area (Å²) in [5.74, 6) is 1.85. The molecule has 0 radical (unpaired) electrons. The highest BCUT2D eigenvalue weighted by Crippen LogP contribution is 2.56. The molecule has 1 aliphatic carbocycles. The number of fused-ring (bicyclic) bond motifs is 5. The SMILES string of the molecule is CCCOc1ccc2cc(C3(c4ccc5cc(OCCC)ccc5c4)c4ccccc4-c4ccccc43)ccc2c1. The van der Waals surface area contributed by atoms with Gasteiger partial charge in [-0.15, -0.1) is 0 Å². The fraction of sp³-hybridized carbons (Fsp3) is 0.179.